The number of nitrogens with zero attached hydrogens (tertiary/aromatic N) is 4. The van der Waals surface area contributed by atoms with Crippen molar-refractivity contribution in [3.05, 3.63) is 35.4 Å². The third-order valence-corrected chi connectivity index (χ3v) is 4.92. The molecule has 0 bridgehead atoms. The molecule has 182 valence electrons. The van der Waals surface area contributed by atoms with E-state index in [1.807, 2.05) is 11.0 Å². The van der Waals surface area contributed by atoms with E-state index in [1.54, 1.807) is 6.92 Å². The van der Waals surface area contributed by atoms with Gasteiger partial charge in [-0.15, -0.1) is 0 Å². The van der Waals surface area contributed by atoms with Crippen molar-refractivity contribution in [2.75, 3.05) is 55.8 Å². The van der Waals surface area contributed by atoms with Crippen LogP contribution in [0, 0.1) is 11.3 Å². The molecule has 3 rings (SSSR count). The molecule has 0 spiro atoms. The first-order valence-electron chi connectivity index (χ1n) is 10.5. The predicted octanol–water partition coefficient (Wildman–Crippen LogP) is 2.10. The number of alkyl halides is 3. The molecule has 1 amide bonds. The highest BCUT2D eigenvalue weighted by Gasteiger charge is 2.31. The van der Waals surface area contributed by atoms with Crippen molar-refractivity contribution < 1.29 is 27.4 Å². The molecule has 1 saturated heterocycles. The normalized spacial score (nSPS) is 15.3. The Hall–Kier alpha value is -3.63. The molecule has 34 heavy (non-hydrogen) atoms. The van der Waals surface area contributed by atoms with E-state index < -0.39 is 23.7 Å². The summed E-state index contributed by atoms with van der Waals surface area (Å²) in [5.41, 5.74) is 4.84. The number of nitrogen functional groups attached to an aromatic ring is 1. The van der Waals surface area contributed by atoms with Gasteiger partial charge in [0.1, 0.15) is 12.1 Å². The largest absolute Gasteiger partial charge is 0.477 e. The van der Waals surface area contributed by atoms with Gasteiger partial charge in [0.15, 0.2) is 11.4 Å². The third-order valence-electron chi connectivity index (χ3n) is 4.92. The van der Waals surface area contributed by atoms with Crippen LogP contribution in [0.4, 0.5) is 30.6 Å². The van der Waals surface area contributed by atoms with Crippen LogP contribution in [0.15, 0.2) is 24.3 Å². The molecule has 1 fully saturated rings. The minimum Gasteiger partial charge on any atom is -0.477 e. The van der Waals surface area contributed by atoms with Gasteiger partial charge in [-0.05, 0) is 25.1 Å². The Bertz CT molecular complexity index is 1050. The molecule has 0 saturated carbocycles. The van der Waals surface area contributed by atoms with Gasteiger partial charge in [-0.2, -0.15) is 28.4 Å². The molecule has 10 nitrogen and oxygen atoms in total. The van der Waals surface area contributed by atoms with E-state index in [0.717, 1.165) is 12.1 Å². The van der Waals surface area contributed by atoms with Gasteiger partial charge in [0.05, 0.1) is 25.4 Å². The van der Waals surface area contributed by atoms with E-state index >= 15 is 0 Å². The number of morpholine rings is 1. The Morgan fingerprint density at radius 1 is 1.35 bits per heavy atom. The van der Waals surface area contributed by atoms with E-state index in [9.17, 15) is 23.2 Å². The van der Waals surface area contributed by atoms with Crippen molar-refractivity contribution >= 4 is 23.4 Å². The minimum atomic E-state index is -4.53. The van der Waals surface area contributed by atoms with Crippen LogP contribution < -0.4 is 21.1 Å². The maximum atomic E-state index is 13.2. The van der Waals surface area contributed by atoms with Crippen molar-refractivity contribution in [1.82, 2.24) is 14.9 Å². The second-order valence-electron chi connectivity index (χ2n) is 7.33. The zero-order chi connectivity index (χ0) is 24.7. The number of ether oxygens (including phenoxy) is 2. The molecule has 0 unspecified atom stereocenters. The molecule has 1 aliphatic rings. The fraction of sp³-hybridized carbons (Fsp3) is 0.429. The molecule has 2 heterocycles. The summed E-state index contributed by atoms with van der Waals surface area (Å²) in [6.07, 6.45) is -4.53. The SMILES string of the molecule is CCOc1nc(N)nc(NC(=O)[C@H](CN2CCOCC2)Nc2cccc(C(F)(F)F)c2)c1C#N. The number of nitriles is 1. The number of hydrogen-bond acceptors (Lipinski definition) is 9. The van der Waals surface area contributed by atoms with Gasteiger partial charge in [0, 0.05) is 25.3 Å². The van der Waals surface area contributed by atoms with Crippen LogP contribution in [-0.4, -0.2) is 66.3 Å². The highest BCUT2D eigenvalue weighted by molar-refractivity contribution is 5.97. The van der Waals surface area contributed by atoms with Crippen molar-refractivity contribution in [1.29, 1.82) is 5.26 Å². The summed E-state index contributed by atoms with van der Waals surface area (Å²) < 4.78 is 50.1. The van der Waals surface area contributed by atoms with Gasteiger partial charge in [0.25, 0.3) is 0 Å². The lowest BCUT2D eigenvalue weighted by Gasteiger charge is -2.30. The number of hydrogen-bond donors (Lipinski definition) is 3. The zero-order valence-electron chi connectivity index (χ0n) is 18.4. The number of amides is 1. The second kappa shape index (κ2) is 11.0. The first-order valence-corrected chi connectivity index (χ1v) is 10.5. The number of benzene rings is 1. The average Bonchev–Trinajstić information content (AvgIpc) is 2.79. The van der Waals surface area contributed by atoms with Crippen molar-refractivity contribution in [2.45, 2.75) is 19.1 Å². The Morgan fingerprint density at radius 3 is 2.74 bits per heavy atom. The van der Waals surface area contributed by atoms with Crippen LogP contribution in [0.2, 0.25) is 0 Å². The summed E-state index contributed by atoms with van der Waals surface area (Å²) in [6.45, 7) is 4.10. The van der Waals surface area contributed by atoms with E-state index in [4.69, 9.17) is 15.2 Å². The van der Waals surface area contributed by atoms with E-state index in [0.29, 0.717) is 26.3 Å². The first kappa shape index (κ1) is 25.0. The molecule has 1 aliphatic heterocycles. The van der Waals surface area contributed by atoms with Gasteiger partial charge in [0.2, 0.25) is 17.7 Å². The van der Waals surface area contributed by atoms with E-state index in [1.165, 1.54) is 12.1 Å². The van der Waals surface area contributed by atoms with Crippen LogP contribution in [0.3, 0.4) is 0 Å². The number of halogens is 3. The molecule has 13 heteroatoms. The number of carbonyl (C=O) groups is 1. The van der Waals surface area contributed by atoms with Crippen LogP contribution in [-0.2, 0) is 15.7 Å². The maximum Gasteiger partial charge on any atom is 0.416 e. The predicted molar refractivity (Wildman–Crippen MR) is 117 cm³/mol. The van der Waals surface area contributed by atoms with E-state index in [-0.39, 0.29) is 42.0 Å². The summed E-state index contributed by atoms with van der Waals surface area (Å²) in [5, 5.41) is 14.9. The summed E-state index contributed by atoms with van der Waals surface area (Å²) in [5.74, 6) is -1.07. The lowest BCUT2D eigenvalue weighted by Crippen LogP contribution is -2.48. The number of nitrogens with one attached hydrogen (secondary N) is 2. The molecule has 2 aromatic rings. The molecular weight excluding hydrogens is 455 g/mol. The monoisotopic (exact) mass is 479 g/mol. The Labute approximate surface area is 193 Å². The smallest absolute Gasteiger partial charge is 0.416 e. The van der Waals surface area contributed by atoms with Gasteiger partial charge in [-0.25, -0.2) is 0 Å². The zero-order valence-corrected chi connectivity index (χ0v) is 18.4. The standard InChI is InChI=1S/C21H24F3N7O3/c1-2-34-19-15(11-25)17(29-20(26)30-19)28-18(32)16(12-31-6-8-33-9-7-31)27-14-5-3-4-13(10-14)21(22,23)24/h3-5,10,16,27H,2,6-9,12H2,1H3,(H3,26,28,29,30,32)/t16-/m0/s1. The van der Waals surface area contributed by atoms with Crippen molar-refractivity contribution in [2.24, 2.45) is 0 Å². The van der Waals surface area contributed by atoms with Crippen LogP contribution in [0.1, 0.15) is 18.1 Å². The number of aromatic nitrogens is 2. The summed E-state index contributed by atoms with van der Waals surface area (Å²) >= 11 is 0. The number of rotatable bonds is 8. The fourth-order valence-electron chi connectivity index (χ4n) is 3.32. The van der Waals surface area contributed by atoms with Gasteiger partial charge in [-0.3, -0.25) is 9.69 Å². The summed E-state index contributed by atoms with van der Waals surface area (Å²) in [6, 6.07) is 5.46. The summed E-state index contributed by atoms with van der Waals surface area (Å²) in [7, 11) is 0. The quantitative estimate of drug-likeness (QED) is 0.519. The van der Waals surface area contributed by atoms with Crippen molar-refractivity contribution in [3.63, 3.8) is 0 Å². The number of nitrogens with two attached hydrogens (primary N) is 1. The second-order valence-corrected chi connectivity index (χ2v) is 7.33. The molecule has 4 N–H and O–H groups in total. The third kappa shape index (κ3) is 6.46. The van der Waals surface area contributed by atoms with Gasteiger partial charge >= 0.3 is 6.18 Å². The van der Waals surface area contributed by atoms with Crippen LogP contribution in [0.5, 0.6) is 5.88 Å². The minimum absolute atomic E-state index is 0.0802. The van der Waals surface area contributed by atoms with E-state index in [2.05, 4.69) is 20.6 Å². The van der Waals surface area contributed by atoms with Gasteiger partial charge in [-0.1, -0.05) is 6.07 Å². The molecule has 1 atom stereocenters. The molecule has 0 aliphatic carbocycles. The topological polar surface area (TPSA) is 138 Å². The number of carbonyl (C=O) groups excluding carboxylic acids is 1. The number of anilines is 3. The first-order chi connectivity index (χ1) is 16.2. The molecule has 1 aromatic carbocycles. The molecule has 1 aromatic heterocycles. The Balaban J connectivity index is 1.88. The summed E-state index contributed by atoms with van der Waals surface area (Å²) in [4.78, 5) is 23.0. The van der Waals surface area contributed by atoms with Crippen LogP contribution in [0.25, 0.3) is 0 Å². The molecular formula is C21H24F3N7O3. The maximum absolute atomic E-state index is 13.2. The Kier molecular flexibility index (Phi) is 8.08. The highest BCUT2D eigenvalue weighted by atomic mass is 19.4. The fourth-order valence-corrected chi connectivity index (χ4v) is 3.32. The Morgan fingerprint density at radius 2 is 2.09 bits per heavy atom. The highest BCUT2D eigenvalue weighted by Crippen LogP contribution is 2.31. The average molecular weight is 479 g/mol. The van der Waals surface area contributed by atoms with Gasteiger partial charge < -0.3 is 25.8 Å². The van der Waals surface area contributed by atoms with Crippen LogP contribution >= 0.6 is 0 Å². The van der Waals surface area contributed by atoms with Crippen molar-refractivity contribution in [3.8, 4) is 11.9 Å². The lowest BCUT2D eigenvalue weighted by molar-refractivity contribution is -0.137. The molecule has 0 radical (unpaired) electrons. The lowest BCUT2D eigenvalue weighted by atomic mass is 10.1.